The number of aliphatic hydroxyl groups excluding tert-OH is 1. The molecule has 0 bridgehead atoms. The van der Waals surface area contributed by atoms with Crippen molar-refractivity contribution >= 4 is 22.8 Å². The van der Waals surface area contributed by atoms with Crippen LogP contribution in [0.2, 0.25) is 0 Å². The van der Waals surface area contributed by atoms with Crippen LogP contribution >= 0.6 is 0 Å². The van der Waals surface area contributed by atoms with Crippen LogP contribution in [0.15, 0.2) is 36.4 Å². The Morgan fingerprint density at radius 2 is 2.17 bits per heavy atom. The van der Waals surface area contributed by atoms with Gasteiger partial charge in [-0.15, -0.1) is 0 Å². The van der Waals surface area contributed by atoms with Crippen LogP contribution in [0.5, 0.6) is 0 Å². The van der Waals surface area contributed by atoms with Gasteiger partial charge >= 0.3 is 0 Å². The molecule has 1 aromatic carbocycles. The summed E-state index contributed by atoms with van der Waals surface area (Å²) < 4.78 is 10.3. The molecule has 9 heteroatoms. The Labute approximate surface area is 173 Å². The predicted octanol–water partition coefficient (Wildman–Crippen LogP) is 1.56. The molecule has 9 nitrogen and oxygen atoms in total. The third-order valence-electron chi connectivity index (χ3n) is 5.20. The normalized spacial score (nSPS) is 17.5. The second-order valence-electron chi connectivity index (χ2n) is 7.25. The van der Waals surface area contributed by atoms with E-state index < -0.39 is 12.3 Å². The van der Waals surface area contributed by atoms with Crippen molar-refractivity contribution in [3.8, 4) is 11.4 Å². The van der Waals surface area contributed by atoms with Crippen LogP contribution in [0.3, 0.4) is 0 Å². The number of nitrogens with zero attached hydrogens (tertiary/aromatic N) is 3. The van der Waals surface area contributed by atoms with E-state index in [9.17, 15) is 9.90 Å². The van der Waals surface area contributed by atoms with E-state index in [1.165, 1.54) is 7.11 Å². The fourth-order valence-corrected chi connectivity index (χ4v) is 3.71. The Hall–Kier alpha value is -3.01. The smallest absolute Gasteiger partial charge is 0.240 e. The number of rotatable bonds is 8. The Balaban J connectivity index is 1.74. The van der Waals surface area contributed by atoms with E-state index in [1.54, 1.807) is 0 Å². The minimum Gasteiger partial charge on any atom is -0.370 e. The number of hydrogen-bond acceptors (Lipinski definition) is 7. The molecule has 4 N–H and O–H groups in total. The summed E-state index contributed by atoms with van der Waals surface area (Å²) in [4.78, 5) is 26.7. The average Bonchev–Trinajstić information content (AvgIpc) is 3.40. The van der Waals surface area contributed by atoms with Gasteiger partial charge in [-0.1, -0.05) is 30.3 Å². The van der Waals surface area contributed by atoms with Crippen molar-refractivity contribution < 1.29 is 19.4 Å². The predicted molar refractivity (Wildman–Crippen MR) is 112 cm³/mol. The molecule has 0 saturated carbocycles. The number of methoxy groups -OCH3 is 1. The Morgan fingerprint density at radius 1 is 1.37 bits per heavy atom. The van der Waals surface area contributed by atoms with Crippen molar-refractivity contribution in [3.63, 3.8) is 0 Å². The number of aromatic nitrogens is 3. The molecule has 1 fully saturated rings. The van der Waals surface area contributed by atoms with Gasteiger partial charge in [-0.25, -0.2) is 9.97 Å². The molecule has 0 radical (unpaired) electrons. The van der Waals surface area contributed by atoms with Crippen molar-refractivity contribution in [1.82, 2.24) is 15.0 Å². The Kier molecular flexibility index (Phi) is 5.93. The van der Waals surface area contributed by atoms with Crippen molar-refractivity contribution in [1.29, 1.82) is 0 Å². The SMILES string of the molecule is COC(O)COCc1cc2c(N3CCC[C@H]3C(N)=O)nc(-c3ccccc3)nc2[nH]1. The highest BCUT2D eigenvalue weighted by atomic mass is 16.6. The number of nitrogens with one attached hydrogen (secondary N) is 1. The highest BCUT2D eigenvalue weighted by molar-refractivity contribution is 5.93. The van der Waals surface area contributed by atoms with E-state index in [1.807, 2.05) is 41.3 Å². The van der Waals surface area contributed by atoms with Gasteiger partial charge in [-0.2, -0.15) is 0 Å². The Morgan fingerprint density at radius 3 is 2.90 bits per heavy atom. The first-order chi connectivity index (χ1) is 14.6. The molecule has 30 heavy (non-hydrogen) atoms. The molecule has 1 saturated heterocycles. The van der Waals surface area contributed by atoms with E-state index in [0.29, 0.717) is 30.3 Å². The Bertz CT molecular complexity index is 1020. The fourth-order valence-electron chi connectivity index (χ4n) is 3.71. The van der Waals surface area contributed by atoms with Crippen molar-refractivity contribution in [2.24, 2.45) is 5.73 Å². The summed E-state index contributed by atoms with van der Waals surface area (Å²) in [5, 5.41) is 10.3. The number of aromatic amines is 1. The topological polar surface area (TPSA) is 127 Å². The van der Waals surface area contributed by atoms with Crippen LogP contribution < -0.4 is 10.6 Å². The maximum atomic E-state index is 12.0. The number of primary amides is 1. The molecule has 2 atom stereocenters. The van der Waals surface area contributed by atoms with E-state index in [4.69, 9.17) is 20.2 Å². The first-order valence-corrected chi connectivity index (χ1v) is 9.86. The minimum absolute atomic E-state index is 0.0511. The lowest BCUT2D eigenvalue weighted by Crippen LogP contribution is -2.40. The molecule has 1 aliphatic rings. The van der Waals surface area contributed by atoms with Gasteiger partial charge in [-0.05, 0) is 18.9 Å². The zero-order valence-corrected chi connectivity index (χ0v) is 16.7. The van der Waals surface area contributed by atoms with Gasteiger partial charge in [0.2, 0.25) is 5.91 Å². The number of aliphatic hydroxyl groups is 1. The maximum Gasteiger partial charge on any atom is 0.240 e. The molecule has 1 amide bonds. The summed E-state index contributed by atoms with van der Waals surface area (Å²) in [7, 11) is 1.41. The molecule has 3 aromatic rings. The lowest BCUT2D eigenvalue weighted by atomic mass is 10.2. The van der Waals surface area contributed by atoms with Gasteiger partial charge in [0.15, 0.2) is 12.1 Å². The van der Waals surface area contributed by atoms with Crippen molar-refractivity contribution in [2.75, 3.05) is 25.2 Å². The molecule has 2 aromatic heterocycles. The number of fused-ring (bicyclic) bond motifs is 1. The highest BCUT2D eigenvalue weighted by Gasteiger charge is 2.32. The summed E-state index contributed by atoms with van der Waals surface area (Å²) >= 11 is 0. The molecule has 0 spiro atoms. The summed E-state index contributed by atoms with van der Waals surface area (Å²) in [5.41, 5.74) is 7.96. The molecule has 1 aliphatic heterocycles. The third kappa shape index (κ3) is 4.13. The number of anilines is 1. The van der Waals surface area contributed by atoms with E-state index in [0.717, 1.165) is 23.1 Å². The minimum atomic E-state index is -0.977. The van der Waals surface area contributed by atoms with E-state index in [-0.39, 0.29) is 19.1 Å². The highest BCUT2D eigenvalue weighted by Crippen LogP contribution is 2.32. The number of carbonyl (C=O) groups is 1. The third-order valence-corrected chi connectivity index (χ3v) is 5.20. The quantitative estimate of drug-likeness (QED) is 0.480. The monoisotopic (exact) mass is 411 g/mol. The average molecular weight is 411 g/mol. The number of hydrogen-bond donors (Lipinski definition) is 3. The van der Waals surface area contributed by atoms with Gasteiger partial charge < -0.3 is 30.2 Å². The maximum absolute atomic E-state index is 12.0. The summed E-state index contributed by atoms with van der Waals surface area (Å²) in [6, 6.07) is 11.2. The van der Waals surface area contributed by atoms with Gasteiger partial charge in [-0.3, -0.25) is 4.79 Å². The van der Waals surface area contributed by atoms with Crippen molar-refractivity contribution in [3.05, 3.63) is 42.1 Å². The second kappa shape index (κ2) is 8.78. The molecule has 1 unspecified atom stereocenters. The summed E-state index contributed by atoms with van der Waals surface area (Å²) in [5.74, 6) is 0.894. The number of ether oxygens (including phenoxy) is 2. The first-order valence-electron chi connectivity index (χ1n) is 9.86. The summed E-state index contributed by atoms with van der Waals surface area (Å²) in [6.07, 6.45) is 0.599. The number of nitrogens with two attached hydrogens (primary N) is 1. The lowest BCUT2D eigenvalue weighted by Gasteiger charge is -2.24. The van der Waals surface area contributed by atoms with Crippen LogP contribution in [-0.2, 0) is 20.9 Å². The molecule has 3 heterocycles. The van der Waals surface area contributed by atoms with Gasteiger partial charge in [0, 0.05) is 24.9 Å². The van der Waals surface area contributed by atoms with Crippen LogP contribution in [0, 0.1) is 0 Å². The standard InChI is InChI=1S/C21H25N5O4/c1-29-17(27)12-30-11-14-10-15-20(23-14)24-19(13-6-3-2-4-7-13)25-21(15)26-9-5-8-16(26)18(22)28/h2-4,6-7,10,16-17,27H,5,8-9,11-12H2,1H3,(H2,22,28)(H,23,24,25)/t16-,17?/m0/s1. The summed E-state index contributed by atoms with van der Waals surface area (Å²) in [6.45, 7) is 0.997. The van der Waals surface area contributed by atoms with Crippen molar-refractivity contribution in [2.45, 2.75) is 31.8 Å². The zero-order valence-electron chi connectivity index (χ0n) is 16.7. The number of carbonyl (C=O) groups excluding carboxylic acids is 1. The molecular weight excluding hydrogens is 386 g/mol. The zero-order chi connectivity index (χ0) is 21.1. The fraction of sp³-hybridized carbons (Fsp3) is 0.381. The number of benzene rings is 1. The van der Waals surface area contributed by atoms with Gasteiger partial charge in [0.05, 0.1) is 18.6 Å². The second-order valence-corrected chi connectivity index (χ2v) is 7.25. The lowest BCUT2D eigenvalue weighted by molar-refractivity contribution is -0.122. The van der Waals surface area contributed by atoms with E-state index >= 15 is 0 Å². The van der Waals surface area contributed by atoms with Gasteiger partial charge in [0.25, 0.3) is 0 Å². The van der Waals surface area contributed by atoms with Crippen LogP contribution in [-0.4, -0.2) is 58.6 Å². The molecule has 4 rings (SSSR count). The van der Waals surface area contributed by atoms with E-state index in [2.05, 4.69) is 9.97 Å². The molecular formula is C21H25N5O4. The molecule has 158 valence electrons. The number of H-pyrrole nitrogens is 1. The molecule has 0 aliphatic carbocycles. The van der Waals surface area contributed by atoms with Crippen LogP contribution in [0.4, 0.5) is 5.82 Å². The van der Waals surface area contributed by atoms with Crippen LogP contribution in [0.25, 0.3) is 22.4 Å². The van der Waals surface area contributed by atoms with Crippen LogP contribution in [0.1, 0.15) is 18.5 Å². The largest absolute Gasteiger partial charge is 0.370 e. The first kappa shape index (κ1) is 20.3. The van der Waals surface area contributed by atoms with Gasteiger partial charge in [0.1, 0.15) is 17.5 Å². The number of amides is 1.